The summed E-state index contributed by atoms with van der Waals surface area (Å²) in [5, 5.41) is 3.91. The van der Waals surface area contributed by atoms with Crippen LogP contribution in [0.3, 0.4) is 0 Å². The molecule has 0 atom stereocenters. The predicted octanol–water partition coefficient (Wildman–Crippen LogP) is 2.74. The number of nitrogens with one attached hydrogen (secondary N) is 1. The van der Waals surface area contributed by atoms with Crippen molar-refractivity contribution in [3.05, 3.63) is 89.7 Å². The molecule has 0 aliphatic heterocycles. The number of methoxy groups -OCH3 is 1. The van der Waals surface area contributed by atoms with Crippen LogP contribution in [-0.2, 0) is 21.4 Å². The molecule has 0 bridgehead atoms. The fourth-order valence-corrected chi connectivity index (χ4v) is 4.59. The molecule has 1 aromatic heterocycles. The topological polar surface area (TPSA) is 101 Å². The second kappa shape index (κ2) is 10.7. The van der Waals surface area contributed by atoms with Gasteiger partial charge in [-0.05, 0) is 47.9 Å². The lowest BCUT2D eigenvalue weighted by Gasteiger charge is -2.23. The third kappa shape index (κ3) is 5.99. The zero-order valence-electron chi connectivity index (χ0n) is 17.8. The first-order valence-corrected chi connectivity index (χ1v) is 11.2. The summed E-state index contributed by atoms with van der Waals surface area (Å²) >= 11 is 0. The van der Waals surface area contributed by atoms with Crippen molar-refractivity contribution < 1.29 is 17.9 Å². The summed E-state index contributed by atoms with van der Waals surface area (Å²) in [6.07, 6.45) is 4.67. The van der Waals surface area contributed by atoms with Gasteiger partial charge in [-0.25, -0.2) is 13.8 Å². The van der Waals surface area contributed by atoms with Crippen LogP contribution >= 0.6 is 0 Å². The molecule has 8 nitrogen and oxygen atoms in total. The van der Waals surface area contributed by atoms with Crippen molar-refractivity contribution in [1.82, 2.24) is 14.7 Å². The van der Waals surface area contributed by atoms with Crippen LogP contribution in [0.5, 0.6) is 5.75 Å². The zero-order valence-corrected chi connectivity index (χ0v) is 18.6. The molecule has 9 heteroatoms. The number of hydrazone groups is 1. The van der Waals surface area contributed by atoms with Gasteiger partial charge < -0.3 is 4.74 Å². The van der Waals surface area contributed by atoms with Crippen LogP contribution in [0.2, 0.25) is 0 Å². The molecule has 3 aromatic rings. The molecule has 0 spiro atoms. The minimum Gasteiger partial charge on any atom is -0.495 e. The molecule has 1 N–H and O–H groups in total. The van der Waals surface area contributed by atoms with E-state index in [2.05, 4.69) is 15.5 Å². The van der Waals surface area contributed by atoms with Crippen molar-refractivity contribution in [3.63, 3.8) is 0 Å². The van der Waals surface area contributed by atoms with Gasteiger partial charge in [-0.1, -0.05) is 36.4 Å². The first-order chi connectivity index (χ1) is 15.4. The summed E-state index contributed by atoms with van der Waals surface area (Å²) in [5.74, 6) is -0.355. The molecule has 0 radical (unpaired) electrons. The highest BCUT2D eigenvalue weighted by molar-refractivity contribution is 7.89. The van der Waals surface area contributed by atoms with Gasteiger partial charge in [-0.15, -0.1) is 0 Å². The van der Waals surface area contributed by atoms with Gasteiger partial charge in [0.1, 0.15) is 10.6 Å². The second-order valence-corrected chi connectivity index (χ2v) is 8.89. The molecule has 0 saturated carbocycles. The van der Waals surface area contributed by atoms with E-state index in [4.69, 9.17) is 4.74 Å². The molecule has 0 unspecified atom stereocenters. The fraction of sp³-hybridized carbons (Fsp3) is 0.174. The Morgan fingerprint density at radius 2 is 1.84 bits per heavy atom. The number of benzene rings is 2. The Morgan fingerprint density at radius 1 is 1.12 bits per heavy atom. The number of hydrogen-bond acceptors (Lipinski definition) is 6. The molecule has 166 valence electrons. The maximum atomic E-state index is 13.5. The third-order valence-electron chi connectivity index (χ3n) is 4.57. The van der Waals surface area contributed by atoms with E-state index in [0.717, 1.165) is 21.0 Å². The smallest absolute Gasteiger partial charge is 0.255 e. The monoisotopic (exact) mass is 452 g/mol. The van der Waals surface area contributed by atoms with E-state index < -0.39 is 22.5 Å². The summed E-state index contributed by atoms with van der Waals surface area (Å²) in [6, 6.07) is 17.4. The number of aryl methyl sites for hydroxylation is 1. The van der Waals surface area contributed by atoms with Gasteiger partial charge >= 0.3 is 0 Å². The fourth-order valence-electron chi connectivity index (χ4n) is 2.96. The van der Waals surface area contributed by atoms with Gasteiger partial charge in [-0.3, -0.25) is 9.78 Å². The summed E-state index contributed by atoms with van der Waals surface area (Å²) < 4.78 is 33.4. The van der Waals surface area contributed by atoms with Crippen molar-refractivity contribution in [1.29, 1.82) is 0 Å². The van der Waals surface area contributed by atoms with Gasteiger partial charge in [0.25, 0.3) is 5.91 Å². The van der Waals surface area contributed by atoms with Crippen LogP contribution < -0.4 is 10.2 Å². The zero-order chi connectivity index (χ0) is 23.0. The van der Waals surface area contributed by atoms with Crippen molar-refractivity contribution in [2.75, 3.05) is 13.7 Å². The molecule has 1 heterocycles. The molecule has 2 aromatic carbocycles. The highest BCUT2D eigenvalue weighted by atomic mass is 32.2. The standard InChI is InChI=1S/C23H24N4O4S/c1-18-8-9-21(31-2)22(14-18)32(29,30)27(16-20-6-4-3-5-7-20)17-23(28)26-25-15-19-10-12-24-13-11-19/h3-15H,16-17H2,1-2H3,(H,26,28). The highest BCUT2D eigenvalue weighted by Crippen LogP contribution is 2.28. The minimum atomic E-state index is -4.05. The van der Waals surface area contributed by atoms with Crippen molar-refractivity contribution in [2.45, 2.75) is 18.4 Å². The van der Waals surface area contributed by atoms with Crippen molar-refractivity contribution in [2.24, 2.45) is 5.10 Å². The summed E-state index contributed by atoms with van der Waals surface area (Å²) in [4.78, 5) is 16.5. The lowest BCUT2D eigenvalue weighted by Crippen LogP contribution is -2.39. The Labute approximate surface area is 187 Å². The average molecular weight is 453 g/mol. The average Bonchev–Trinajstić information content (AvgIpc) is 2.80. The first-order valence-electron chi connectivity index (χ1n) is 9.81. The van der Waals surface area contributed by atoms with Gasteiger partial charge in [-0.2, -0.15) is 9.41 Å². The lowest BCUT2D eigenvalue weighted by molar-refractivity contribution is -0.121. The van der Waals surface area contributed by atoms with Crippen molar-refractivity contribution >= 4 is 22.1 Å². The number of carbonyl (C=O) groups is 1. The quantitative estimate of drug-likeness (QED) is 0.397. The number of sulfonamides is 1. The third-order valence-corrected chi connectivity index (χ3v) is 6.38. The molecule has 1 amide bonds. The Bertz CT molecular complexity index is 1180. The maximum Gasteiger partial charge on any atom is 0.255 e. The van der Waals surface area contributed by atoms with E-state index in [0.29, 0.717) is 0 Å². The van der Waals surface area contributed by atoms with E-state index in [1.54, 1.807) is 55.7 Å². The first kappa shape index (κ1) is 23.1. The number of carbonyl (C=O) groups excluding carboxylic acids is 1. The molecule has 32 heavy (non-hydrogen) atoms. The number of amides is 1. The molecule has 0 aliphatic rings. The molecule has 3 rings (SSSR count). The summed E-state index contributed by atoms with van der Waals surface area (Å²) in [7, 11) is -2.64. The number of nitrogens with zero attached hydrogens (tertiary/aromatic N) is 3. The number of rotatable bonds is 9. The Balaban J connectivity index is 1.86. The Morgan fingerprint density at radius 3 is 2.53 bits per heavy atom. The molecular formula is C23H24N4O4S. The van der Waals surface area contributed by atoms with Crippen LogP contribution in [0.15, 0.2) is 83.1 Å². The van der Waals surface area contributed by atoms with Crippen LogP contribution in [-0.4, -0.2) is 43.5 Å². The summed E-state index contributed by atoms with van der Waals surface area (Å²) in [6.45, 7) is 1.39. The normalized spacial score (nSPS) is 11.6. The Kier molecular flexibility index (Phi) is 7.69. The van der Waals surface area contributed by atoms with Gasteiger partial charge in [0.2, 0.25) is 10.0 Å². The van der Waals surface area contributed by atoms with Gasteiger partial charge in [0.15, 0.2) is 0 Å². The number of pyridine rings is 1. The molecule has 0 fully saturated rings. The molecule has 0 aliphatic carbocycles. The van der Waals surface area contributed by atoms with Gasteiger partial charge in [0, 0.05) is 18.9 Å². The van der Waals surface area contributed by atoms with E-state index in [9.17, 15) is 13.2 Å². The summed E-state index contributed by atoms with van der Waals surface area (Å²) in [5.41, 5.74) is 4.64. The Hall–Kier alpha value is -3.56. The largest absolute Gasteiger partial charge is 0.495 e. The van der Waals surface area contributed by atoms with E-state index in [1.165, 1.54) is 19.4 Å². The molecular weight excluding hydrogens is 428 g/mol. The maximum absolute atomic E-state index is 13.5. The SMILES string of the molecule is COc1ccc(C)cc1S(=O)(=O)N(CC(=O)NN=Cc1ccncc1)Cc1ccccc1. The number of hydrogen-bond donors (Lipinski definition) is 1. The van der Waals surface area contributed by atoms with Crippen LogP contribution in [0.25, 0.3) is 0 Å². The van der Waals surface area contributed by atoms with E-state index in [1.807, 2.05) is 18.2 Å². The van der Waals surface area contributed by atoms with Crippen LogP contribution in [0.1, 0.15) is 16.7 Å². The van der Waals surface area contributed by atoms with E-state index >= 15 is 0 Å². The van der Waals surface area contributed by atoms with Gasteiger partial charge in [0.05, 0.1) is 19.9 Å². The predicted molar refractivity (Wildman–Crippen MR) is 122 cm³/mol. The number of ether oxygens (including phenoxy) is 1. The van der Waals surface area contributed by atoms with Crippen LogP contribution in [0, 0.1) is 6.92 Å². The van der Waals surface area contributed by atoms with E-state index in [-0.39, 0.29) is 17.2 Å². The lowest BCUT2D eigenvalue weighted by atomic mass is 10.2. The van der Waals surface area contributed by atoms with Crippen molar-refractivity contribution in [3.8, 4) is 5.75 Å². The highest BCUT2D eigenvalue weighted by Gasteiger charge is 2.30. The number of aromatic nitrogens is 1. The van der Waals surface area contributed by atoms with Crippen LogP contribution in [0.4, 0.5) is 0 Å². The minimum absolute atomic E-state index is 0.00372. The molecule has 0 saturated heterocycles. The second-order valence-electron chi connectivity index (χ2n) is 6.99.